The van der Waals surface area contributed by atoms with E-state index in [1.54, 1.807) is 6.20 Å². The molecule has 1 aliphatic carbocycles. The van der Waals surface area contributed by atoms with Crippen molar-refractivity contribution >= 4 is 11.8 Å². The van der Waals surface area contributed by atoms with Crippen molar-refractivity contribution in [2.24, 2.45) is 11.3 Å². The van der Waals surface area contributed by atoms with Gasteiger partial charge in [0.25, 0.3) is 0 Å². The smallest absolute Gasteiger partial charge is 0.242 e. The molecule has 1 atom stereocenters. The predicted molar refractivity (Wildman–Crippen MR) is 93.8 cm³/mol. The highest BCUT2D eigenvalue weighted by Gasteiger charge is 2.49. The second-order valence-corrected chi connectivity index (χ2v) is 7.97. The number of aryl methyl sites for hydroxylation is 1. The molecular weight excluding hydrogens is 316 g/mol. The third-order valence-corrected chi connectivity index (χ3v) is 6.13. The number of hydrogen-bond acceptors (Lipinski definition) is 3. The summed E-state index contributed by atoms with van der Waals surface area (Å²) in [5.41, 5.74) is -0.314. The van der Waals surface area contributed by atoms with E-state index in [1.165, 1.54) is 12.8 Å². The number of amides is 2. The number of hydrogen-bond donors (Lipinski definition) is 0. The number of nitrogens with zero attached hydrogens (tertiary/aromatic N) is 4. The van der Waals surface area contributed by atoms with Crippen LogP contribution < -0.4 is 0 Å². The van der Waals surface area contributed by atoms with Crippen LogP contribution in [0.2, 0.25) is 0 Å². The minimum atomic E-state index is -0.314. The third kappa shape index (κ3) is 3.18. The highest BCUT2D eigenvalue weighted by atomic mass is 16.2. The van der Waals surface area contributed by atoms with Crippen LogP contribution in [-0.4, -0.2) is 57.3 Å². The molecule has 2 amide bonds. The van der Waals surface area contributed by atoms with E-state index in [-0.39, 0.29) is 11.3 Å². The standard InChI is InChI=1S/C19H28N4O2/c1-2-16-20-8-11-21(16)13-17(24)23-10-7-19(14-23)6-3-9-22(18(19)25)12-15-4-5-15/h8,11,15H,2-7,9-10,12-14H2,1H3/t19-/m1/s1. The van der Waals surface area contributed by atoms with E-state index in [1.807, 2.05) is 22.6 Å². The van der Waals surface area contributed by atoms with E-state index in [2.05, 4.69) is 9.88 Å². The quantitative estimate of drug-likeness (QED) is 0.817. The van der Waals surface area contributed by atoms with E-state index >= 15 is 0 Å². The minimum Gasteiger partial charge on any atom is -0.342 e. The number of rotatable bonds is 5. The monoisotopic (exact) mass is 344 g/mol. The molecule has 0 unspecified atom stereocenters. The average molecular weight is 344 g/mol. The summed E-state index contributed by atoms with van der Waals surface area (Å²) >= 11 is 0. The first-order chi connectivity index (χ1) is 12.1. The zero-order valence-corrected chi connectivity index (χ0v) is 15.1. The summed E-state index contributed by atoms with van der Waals surface area (Å²) in [5, 5.41) is 0. The van der Waals surface area contributed by atoms with Crippen LogP contribution >= 0.6 is 0 Å². The first kappa shape index (κ1) is 16.6. The lowest BCUT2D eigenvalue weighted by molar-refractivity contribution is -0.146. The second kappa shape index (κ2) is 6.46. The maximum atomic E-state index is 13.1. The number of imidazole rings is 1. The molecule has 25 heavy (non-hydrogen) atoms. The zero-order chi connectivity index (χ0) is 17.4. The molecule has 4 rings (SSSR count). The lowest BCUT2D eigenvalue weighted by atomic mass is 9.78. The summed E-state index contributed by atoms with van der Waals surface area (Å²) in [7, 11) is 0. The average Bonchev–Trinajstić information content (AvgIpc) is 3.14. The Hall–Kier alpha value is -1.85. The van der Waals surface area contributed by atoms with Gasteiger partial charge in [0.2, 0.25) is 11.8 Å². The highest BCUT2D eigenvalue weighted by molar-refractivity contribution is 5.86. The Morgan fingerprint density at radius 3 is 2.92 bits per heavy atom. The Labute approximate surface area is 149 Å². The lowest BCUT2D eigenvalue weighted by Crippen LogP contribution is -2.51. The summed E-state index contributed by atoms with van der Waals surface area (Å²) in [6.45, 7) is 5.52. The molecule has 2 aliphatic heterocycles. The van der Waals surface area contributed by atoms with Crippen molar-refractivity contribution in [3.05, 3.63) is 18.2 Å². The van der Waals surface area contributed by atoms with E-state index in [0.29, 0.717) is 25.5 Å². The van der Waals surface area contributed by atoms with Gasteiger partial charge in [-0.3, -0.25) is 9.59 Å². The van der Waals surface area contributed by atoms with Gasteiger partial charge in [-0.25, -0.2) is 4.98 Å². The normalized spacial score (nSPS) is 26.7. The largest absolute Gasteiger partial charge is 0.342 e. The molecule has 1 spiro atoms. The van der Waals surface area contributed by atoms with E-state index in [9.17, 15) is 9.59 Å². The molecule has 6 nitrogen and oxygen atoms in total. The lowest BCUT2D eigenvalue weighted by Gasteiger charge is -2.39. The van der Waals surface area contributed by atoms with E-state index in [4.69, 9.17) is 0 Å². The van der Waals surface area contributed by atoms with Crippen LogP contribution in [0.1, 0.15) is 44.9 Å². The van der Waals surface area contributed by atoms with Gasteiger partial charge < -0.3 is 14.4 Å². The summed E-state index contributed by atoms with van der Waals surface area (Å²) in [6, 6.07) is 0. The number of carbonyl (C=O) groups excluding carboxylic acids is 2. The van der Waals surface area contributed by atoms with Crippen molar-refractivity contribution in [3.8, 4) is 0 Å². The number of piperidine rings is 1. The minimum absolute atomic E-state index is 0.108. The summed E-state index contributed by atoms with van der Waals surface area (Å²) in [5.74, 6) is 2.08. The summed E-state index contributed by atoms with van der Waals surface area (Å²) in [4.78, 5) is 34.1. The van der Waals surface area contributed by atoms with Gasteiger partial charge in [0.1, 0.15) is 12.4 Å². The van der Waals surface area contributed by atoms with Crippen LogP contribution in [0.25, 0.3) is 0 Å². The number of likely N-dealkylation sites (tertiary alicyclic amines) is 2. The zero-order valence-electron chi connectivity index (χ0n) is 15.1. The molecule has 1 saturated carbocycles. The van der Waals surface area contributed by atoms with Gasteiger partial charge in [-0.2, -0.15) is 0 Å². The second-order valence-electron chi connectivity index (χ2n) is 7.97. The van der Waals surface area contributed by atoms with Crippen molar-refractivity contribution in [3.63, 3.8) is 0 Å². The molecule has 6 heteroatoms. The molecule has 1 aromatic heterocycles. The van der Waals surface area contributed by atoms with Crippen molar-refractivity contribution in [2.45, 2.75) is 52.0 Å². The fraction of sp³-hybridized carbons (Fsp3) is 0.737. The molecule has 2 saturated heterocycles. The fourth-order valence-electron chi connectivity index (χ4n) is 4.45. The Morgan fingerprint density at radius 1 is 1.32 bits per heavy atom. The van der Waals surface area contributed by atoms with Gasteiger partial charge >= 0.3 is 0 Å². The molecule has 1 aromatic rings. The fourth-order valence-corrected chi connectivity index (χ4v) is 4.45. The summed E-state index contributed by atoms with van der Waals surface area (Å²) < 4.78 is 1.93. The number of aromatic nitrogens is 2. The van der Waals surface area contributed by atoms with Crippen molar-refractivity contribution in [2.75, 3.05) is 26.2 Å². The first-order valence-electron chi connectivity index (χ1n) is 9.68. The van der Waals surface area contributed by atoms with Crippen LogP contribution in [-0.2, 0) is 22.6 Å². The topological polar surface area (TPSA) is 58.4 Å². The molecule has 0 N–H and O–H groups in total. The molecule has 0 aromatic carbocycles. The van der Waals surface area contributed by atoms with Gasteiger partial charge in [-0.1, -0.05) is 6.92 Å². The van der Waals surface area contributed by atoms with Gasteiger partial charge in [0, 0.05) is 45.0 Å². The van der Waals surface area contributed by atoms with Crippen molar-refractivity contribution in [1.82, 2.24) is 19.4 Å². The molecule has 3 aliphatic rings. The van der Waals surface area contributed by atoms with Gasteiger partial charge in [-0.05, 0) is 38.0 Å². The van der Waals surface area contributed by atoms with Gasteiger partial charge in [0.15, 0.2) is 0 Å². The molecule has 136 valence electrons. The van der Waals surface area contributed by atoms with Crippen molar-refractivity contribution in [1.29, 1.82) is 0 Å². The van der Waals surface area contributed by atoms with Crippen LogP contribution in [0.5, 0.6) is 0 Å². The van der Waals surface area contributed by atoms with Crippen LogP contribution in [0, 0.1) is 11.3 Å². The molecule has 3 heterocycles. The SMILES string of the molecule is CCc1nccn1CC(=O)N1CC[C@]2(CCCN(CC3CC3)C2=O)C1. The number of carbonyl (C=O) groups is 2. The predicted octanol–water partition coefficient (Wildman–Crippen LogP) is 1.70. The Kier molecular flexibility index (Phi) is 4.29. The van der Waals surface area contributed by atoms with Crippen LogP contribution in [0.15, 0.2) is 12.4 Å². The maximum Gasteiger partial charge on any atom is 0.242 e. The molecule has 0 bridgehead atoms. The van der Waals surface area contributed by atoms with E-state index < -0.39 is 0 Å². The Bertz CT molecular complexity index is 666. The summed E-state index contributed by atoms with van der Waals surface area (Å²) in [6.07, 6.45) is 9.80. The van der Waals surface area contributed by atoms with Gasteiger partial charge in [-0.15, -0.1) is 0 Å². The molecular formula is C19H28N4O2. The van der Waals surface area contributed by atoms with Crippen LogP contribution in [0.3, 0.4) is 0 Å². The maximum absolute atomic E-state index is 13.1. The Morgan fingerprint density at radius 2 is 2.16 bits per heavy atom. The van der Waals surface area contributed by atoms with E-state index in [0.717, 1.165) is 50.5 Å². The third-order valence-electron chi connectivity index (χ3n) is 6.13. The Balaban J connectivity index is 1.41. The molecule has 0 radical (unpaired) electrons. The van der Waals surface area contributed by atoms with Crippen LogP contribution in [0.4, 0.5) is 0 Å². The van der Waals surface area contributed by atoms with Gasteiger partial charge in [0.05, 0.1) is 5.41 Å². The first-order valence-corrected chi connectivity index (χ1v) is 9.68. The molecule has 3 fully saturated rings. The highest BCUT2D eigenvalue weighted by Crippen LogP contribution is 2.41. The van der Waals surface area contributed by atoms with Crippen molar-refractivity contribution < 1.29 is 9.59 Å².